The first kappa shape index (κ1) is 11.5. The maximum atomic E-state index is 11.3. The molecule has 0 bridgehead atoms. The van der Waals surface area contributed by atoms with Crippen LogP contribution in [-0.4, -0.2) is 43.7 Å². The smallest absolute Gasteiger partial charge is 0.239 e. The van der Waals surface area contributed by atoms with Crippen LogP contribution in [0.1, 0.15) is 19.8 Å². The SMILES string of the molecule is C[C@@H](N)C(=O)N(C)CCOCC1CC1. The number of hydrogen-bond donors (Lipinski definition) is 1. The van der Waals surface area contributed by atoms with Gasteiger partial charge in [-0.1, -0.05) is 0 Å². The van der Waals surface area contributed by atoms with Gasteiger partial charge in [0, 0.05) is 20.2 Å². The van der Waals surface area contributed by atoms with Gasteiger partial charge in [0.25, 0.3) is 0 Å². The van der Waals surface area contributed by atoms with Gasteiger partial charge in [0.2, 0.25) is 5.91 Å². The number of rotatable bonds is 6. The summed E-state index contributed by atoms with van der Waals surface area (Å²) in [5.74, 6) is 0.754. The molecule has 0 radical (unpaired) electrons. The van der Waals surface area contributed by atoms with Gasteiger partial charge in [-0.15, -0.1) is 0 Å². The average molecular weight is 200 g/mol. The van der Waals surface area contributed by atoms with E-state index in [9.17, 15) is 4.79 Å². The van der Waals surface area contributed by atoms with Crippen molar-refractivity contribution in [2.24, 2.45) is 11.7 Å². The molecule has 1 fully saturated rings. The molecule has 1 saturated carbocycles. The second-order valence-corrected chi connectivity index (χ2v) is 4.07. The predicted octanol–water partition coefficient (Wildman–Crippen LogP) is 0.219. The highest BCUT2D eigenvalue weighted by atomic mass is 16.5. The van der Waals surface area contributed by atoms with Crippen molar-refractivity contribution in [2.75, 3.05) is 26.8 Å². The topological polar surface area (TPSA) is 55.6 Å². The molecule has 0 saturated heterocycles. The van der Waals surface area contributed by atoms with Gasteiger partial charge in [-0.2, -0.15) is 0 Å². The van der Waals surface area contributed by atoms with Gasteiger partial charge in [-0.3, -0.25) is 4.79 Å². The summed E-state index contributed by atoms with van der Waals surface area (Å²) in [5, 5.41) is 0. The van der Waals surface area contributed by atoms with Gasteiger partial charge in [-0.05, 0) is 25.7 Å². The highest BCUT2D eigenvalue weighted by molar-refractivity contribution is 5.80. The highest BCUT2D eigenvalue weighted by Crippen LogP contribution is 2.28. The van der Waals surface area contributed by atoms with E-state index in [0.717, 1.165) is 12.5 Å². The largest absolute Gasteiger partial charge is 0.379 e. The van der Waals surface area contributed by atoms with Crippen LogP contribution in [0, 0.1) is 5.92 Å². The van der Waals surface area contributed by atoms with E-state index in [1.54, 1.807) is 18.9 Å². The molecule has 4 heteroatoms. The Bertz CT molecular complexity index is 191. The zero-order valence-electron chi connectivity index (χ0n) is 9.03. The molecule has 2 N–H and O–H groups in total. The molecule has 1 atom stereocenters. The number of carbonyl (C=O) groups excluding carboxylic acids is 1. The predicted molar refractivity (Wildman–Crippen MR) is 54.8 cm³/mol. The van der Waals surface area contributed by atoms with Crippen LogP contribution in [0.2, 0.25) is 0 Å². The van der Waals surface area contributed by atoms with Crippen molar-refractivity contribution in [1.29, 1.82) is 0 Å². The molecular formula is C10H20N2O2. The number of carbonyl (C=O) groups is 1. The maximum Gasteiger partial charge on any atom is 0.239 e. The third-order valence-corrected chi connectivity index (χ3v) is 2.39. The molecule has 1 aliphatic carbocycles. The molecule has 1 aliphatic rings. The van der Waals surface area contributed by atoms with E-state index in [4.69, 9.17) is 10.5 Å². The van der Waals surface area contributed by atoms with Crippen LogP contribution in [0.15, 0.2) is 0 Å². The second-order valence-electron chi connectivity index (χ2n) is 4.07. The van der Waals surface area contributed by atoms with Gasteiger partial charge in [0.1, 0.15) is 0 Å². The molecule has 1 amide bonds. The summed E-state index contributed by atoms with van der Waals surface area (Å²) >= 11 is 0. The van der Waals surface area contributed by atoms with Crippen molar-refractivity contribution in [1.82, 2.24) is 4.90 Å². The summed E-state index contributed by atoms with van der Waals surface area (Å²) in [6, 6.07) is -0.413. The van der Waals surface area contributed by atoms with Crippen LogP contribution in [0.4, 0.5) is 0 Å². The zero-order chi connectivity index (χ0) is 10.6. The first-order chi connectivity index (χ1) is 6.61. The second kappa shape index (κ2) is 5.32. The minimum atomic E-state index is -0.413. The minimum Gasteiger partial charge on any atom is -0.379 e. The monoisotopic (exact) mass is 200 g/mol. The first-order valence-electron chi connectivity index (χ1n) is 5.19. The average Bonchev–Trinajstić information content (AvgIpc) is 2.94. The van der Waals surface area contributed by atoms with Crippen LogP contribution >= 0.6 is 0 Å². The van der Waals surface area contributed by atoms with E-state index in [2.05, 4.69) is 0 Å². The van der Waals surface area contributed by atoms with Crippen molar-refractivity contribution in [2.45, 2.75) is 25.8 Å². The first-order valence-corrected chi connectivity index (χ1v) is 5.19. The van der Waals surface area contributed by atoms with Gasteiger partial charge in [-0.25, -0.2) is 0 Å². The van der Waals surface area contributed by atoms with Crippen LogP contribution in [-0.2, 0) is 9.53 Å². The van der Waals surface area contributed by atoms with Crippen LogP contribution in [0.3, 0.4) is 0 Å². The lowest BCUT2D eigenvalue weighted by Crippen LogP contribution is -2.41. The Kier molecular flexibility index (Phi) is 4.35. The van der Waals surface area contributed by atoms with Gasteiger partial charge in [0.15, 0.2) is 0 Å². The fourth-order valence-corrected chi connectivity index (χ4v) is 1.19. The lowest BCUT2D eigenvalue weighted by molar-refractivity contribution is -0.131. The molecular weight excluding hydrogens is 180 g/mol. The zero-order valence-corrected chi connectivity index (χ0v) is 9.03. The summed E-state index contributed by atoms with van der Waals surface area (Å²) in [7, 11) is 1.76. The summed E-state index contributed by atoms with van der Waals surface area (Å²) in [6.07, 6.45) is 2.60. The van der Waals surface area contributed by atoms with E-state index < -0.39 is 6.04 Å². The normalized spacial score (nSPS) is 17.9. The van der Waals surface area contributed by atoms with E-state index in [0.29, 0.717) is 13.2 Å². The Labute approximate surface area is 85.4 Å². The molecule has 0 aromatic carbocycles. The fraction of sp³-hybridized carbons (Fsp3) is 0.900. The Hall–Kier alpha value is -0.610. The minimum absolute atomic E-state index is 0.0278. The number of nitrogens with zero attached hydrogens (tertiary/aromatic N) is 1. The van der Waals surface area contributed by atoms with Crippen LogP contribution in [0.25, 0.3) is 0 Å². The molecule has 0 unspecified atom stereocenters. The number of likely N-dealkylation sites (N-methyl/N-ethyl adjacent to an activating group) is 1. The van der Waals surface area contributed by atoms with Gasteiger partial charge in [0.05, 0.1) is 12.6 Å². The molecule has 82 valence electrons. The molecule has 1 rings (SSSR count). The van der Waals surface area contributed by atoms with Crippen molar-refractivity contribution < 1.29 is 9.53 Å². The Morgan fingerprint density at radius 2 is 2.29 bits per heavy atom. The van der Waals surface area contributed by atoms with Crippen molar-refractivity contribution in [3.8, 4) is 0 Å². The Morgan fingerprint density at radius 1 is 1.64 bits per heavy atom. The molecule has 0 aliphatic heterocycles. The fourth-order valence-electron chi connectivity index (χ4n) is 1.19. The van der Waals surface area contributed by atoms with Crippen molar-refractivity contribution in [3.63, 3.8) is 0 Å². The molecule has 0 aromatic rings. The van der Waals surface area contributed by atoms with Crippen molar-refractivity contribution in [3.05, 3.63) is 0 Å². The third-order valence-electron chi connectivity index (χ3n) is 2.39. The maximum absolute atomic E-state index is 11.3. The standard InChI is InChI=1S/C10H20N2O2/c1-8(11)10(13)12(2)5-6-14-7-9-3-4-9/h8-9H,3-7,11H2,1-2H3/t8-/m1/s1. The van der Waals surface area contributed by atoms with E-state index in [1.165, 1.54) is 12.8 Å². The summed E-state index contributed by atoms with van der Waals surface area (Å²) in [5.41, 5.74) is 5.47. The van der Waals surface area contributed by atoms with E-state index in [1.807, 2.05) is 0 Å². The van der Waals surface area contributed by atoms with Crippen LogP contribution in [0.5, 0.6) is 0 Å². The number of ether oxygens (including phenoxy) is 1. The van der Waals surface area contributed by atoms with Gasteiger partial charge >= 0.3 is 0 Å². The van der Waals surface area contributed by atoms with E-state index in [-0.39, 0.29) is 5.91 Å². The highest BCUT2D eigenvalue weighted by Gasteiger charge is 2.21. The van der Waals surface area contributed by atoms with E-state index >= 15 is 0 Å². The molecule has 0 aromatic heterocycles. The van der Waals surface area contributed by atoms with Crippen LogP contribution < -0.4 is 5.73 Å². The number of hydrogen-bond acceptors (Lipinski definition) is 3. The molecule has 4 nitrogen and oxygen atoms in total. The number of nitrogens with two attached hydrogens (primary N) is 1. The Balaban J connectivity index is 2.01. The summed E-state index contributed by atoms with van der Waals surface area (Å²) in [4.78, 5) is 13.0. The number of amides is 1. The molecule has 14 heavy (non-hydrogen) atoms. The van der Waals surface area contributed by atoms with Gasteiger partial charge < -0.3 is 15.4 Å². The molecule has 0 spiro atoms. The third kappa shape index (κ3) is 4.07. The summed E-state index contributed by atoms with van der Waals surface area (Å²) < 4.78 is 5.42. The molecule has 0 heterocycles. The Morgan fingerprint density at radius 3 is 2.79 bits per heavy atom. The lowest BCUT2D eigenvalue weighted by Gasteiger charge is -2.18. The summed E-state index contributed by atoms with van der Waals surface area (Å²) in [6.45, 7) is 3.79. The lowest BCUT2D eigenvalue weighted by atomic mass is 10.3. The van der Waals surface area contributed by atoms with Crippen molar-refractivity contribution >= 4 is 5.91 Å². The quantitative estimate of drug-likeness (QED) is 0.624.